The molecule has 1 aromatic heterocycles. The molecular weight excluding hydrogens is 330 g/mol. The minimum Gasteiger partial charge on any atom is -0.497 e. The zero-order valence-corrected chi connectivity index (χ0v) is 14.8. The number of hydrogen-bond acceptors (Lipinski definition) is 3. The summed E-state index contributed by atoms with van der Waals surface area (Å²) in [6, 6.07) is 12.9. The van der Waals surface area contributed by atoms with Crippen molar-refractivity contribution in [2.45, 2.75) is 13.3 Å². The Morgan fingerprint density at radius 3 is 2.58 bits per heavy atom. The summed E-state index contributed by atoms with van der Waals surface area (Å²) in [6.45, 7) is 2.44. The van der Waals surface area contributed by atoms with E-state index in [0.717, 1.165) is 11.1 Å². The van der Waals surface area contributed by atoms with E-state index in [0.29, 0.717) is 24.4 Å². The summed E-state index contributed by atoms with van der Waals surface area (Å²) in [6.07, 6.45) is 2.59. The number of anilines is 1. The van der Waals surface area contributed by atoms with E-state index in [1.54, 1.807) is 31.4 Å². The first-order valence-corrected chi connectivity index (χ1v) is 8.37. The molecule has 0 saturated carbocycles. The second-order valence-corrected chi connectivity index (χ2v) is 6.00. The van der Waals surface area contributed by atoms with Crippen LogP contribution in [0.15, 0.2) is 48.7 Å². The second kappa shape index (κ2) is 7.74. The quantitative estimate of drug-likeness (QED) is 0.618. The molecule has 0 bridgehead atoms. The van der Waals surface area contributed by atoms with Crippen molar-refractivity contribution in [1.29, 1.82) is 0 Å². The van der Waals surface area contributed by atoms with Gasteiger partial charge in [0.2, 0.25) is 0 Å². The Morgan fingerprint density at radius 2 is 1.85 bits per heavy atom. The van der Waals surface area contributed by atoms with E-state index in [1.807, 2.05) is 18.3 Å². The van der Waals surface area contributed by atoms with Crippen molar-refractivity contribution < 1.29 is 14.3 Å². The summed E-state index contributed by atoms with van der Waals surface area (Å²) in [5, 5.41) is 6.39. The van der Waals surface area contributed by atoms with Gasteiger partial charge in [-0.3, -0.25) is 9.59 Å². The molecule has 0 spiro atoms. The van der Waals surface area contributed by atoms with Crippen LogP contribution >= 0.6 is 0 Å². The number of amides is 2. The van der Waals surface area contributed by atoms with Crippen LogP contribution in [-0.2, 0) is 16.0 Å². The average Bonchev–Trinajstić information content (AvgIpc) is 3.07. The van der Waals surface area contributed by atoms with Crippen molar-refractivity contribution in [2.75, 3.05) is 19.0 Å². The van der Waals surface area contributed by atoms with Crippen molar-refractivity contribution in [3.63, 3.8) is 0 Å². The van der Waals surface area contributed by atoms with Crippen molar-refractivity contribution in [2.24, 2.45) is 0 Å². The lowest BCUT2D eigenvalue weighted by Crippen LogP contribution is -2.36. The van der Waals surface area contributed by atoms with Crippen LogP contribution in [0, 0.1) is 6.92 Å². The van der Waals surface area contributed by atoms with Gasteiger partial charge >= 0.3 is 11.8 Å². The predicted octanol–water partition coefficient (Wildman–Crippen LogP) is 2.78. The molecule has 3 N–H and O–H groups in total. The Bertz CT molecular complexity index is 929. The van der Waals surface area contributed by atoms with Gasteiger partial charge in [-0.25, -0.2) is 0 Å². The fourth-order valence-electron chi connectivity index (χ4n) is 2.90. The molecule has 0 aliphatic heterocycles. The summed E-state index contributed by atoms with van der Waals surface area (Å²) in [4.78, 5) is 27.2. The maximum Gasteiger partial charge on any atom is 0.313 e. The molecule has 3 rings (SSSR count). The number of H-pyrrole nitrogens is 1. The highest BCUT2D eigenvalue weighted by Gasteiger charge is 2.14. The summed E-state index contributed by atoms with van der Waals surface area (Å²) in [5.74, 6) is -0.663. The Balaban J connectivity index is 1.53. The van der Waals surface area contributed by atoms with Crippen LogP contribution in [0.5, 0.6) is 5.75 Å². The van der Waals surface area contributed by atoms with Gasteiger partial charge in [-0.1, -0.05) is 12.1 Å². The number of benzene rings is 2. The van der Waals surface area contributed by atoms with Crippen LogP contribution in [0.2, 0.25) is 0 Å². The van der Waals surface area contributed by atoms with Gasteiger partial charge in [0.25, 0.3) is 0 Å². The number of carbonyl (C=O) groups is 2. The van der Waals surface area contributed by atoms with E-state index >= 15 is 0 Å². The number of ether oxygens (including phenoxy) is 1. The number of aryl methyl sites for hydroxylation is 1. The van der Waals surface area contributed by atoms with Crippen molar-refractivity contribution in [1.82, 2.24) is 10.3 Å². The van der Waals surface area contributed by atoms with Gasteiger partial charge in [0, 0.05) is 29.3 Å². The number of aromatic amines is 1. The molecule has 6 heteroatoms. The molecule has 1 heterocycles. The fourth-order valence-corrected chi connectivity index (χ4v) is 2.90. The van der Waals surface area contributed by atoms with Gasteiger partial charge in [0.05, 0.1) is 7.11 Å². The Hall–Kier alpha value is -3.28. The zero-order valence-electron chi connectivity index (χ0n) is 14.8. The number of aromatic nitrogens is 1. The number of nitrogens with one attached hydrogen (secondary N) is 3. The third-order valence-corrected chi connectivity index (χ3v) is 4.23. The second-order valence-electron chi connectivity index (χ2n) is 6.00. The SMILES string of the molecule is COc1ccc(NC(=O)C(=O)NCCc2c[nH]c3cccc(C)c23)cc1. The average molecular weight is 351 g/mol. The standard InChI is InChI=1S/C20H21N3O3/c1-13-4-3-5-17-18(13)14(12-22-17)10-11-21-19(24)20(25)23-15-6-8-16(26-2)9-7-15/h3-9,12,22H,10-11H2,1-2H3,(H,21,24)(H,23,25). The van der Waals surface area contributed by atoms with Gasteiger partial charge < -0.3 is 20.4 Å². The van der Waals surface area contributed by atoms with Crippen molar-refractivity contribution in [3.05, 3.63) is 59.8 Å². The van der Waals surface area contributed by atoms with E-state index in [2.05, 4.69) is 28.6 Å². The van der Waals surface area contributed by atoms with Crippen LogP contribution in [0.4, 0.5) is 5.69 Å². The summed E-state index contributed by atoms with van der Waals surface area (Å²) in [7, 11) is 1.57. The summed E-state index contributed by atoms with van der Waals surface area (Å²) < 4.78 is 5.05. The first-order chi connectivity index (χ1) is 12.6. The molecule has 0 radical (unpaired) electrons. The Labute approximate surface area is 151 Å². The van der Waals surface area contributed by atoms with Crippen molar-refractivity contribution in [3.8, 4) is 5.75 Å². The first kappa shape index (κ1) is 17.5. The number of hydrogen-bond donors (Lipinski definition) is 3. The molecule has 2 aromatic carbocycles. The minimum absolute atomic E-state index is 0.385. The van der Waals surface area contributed by atoms with Gasteiger partial charge in [0.15, 0.2) is 0 Å². The molecule has 6 nitrogen and oxygen atoms in total. The molecule has 26 heavy (non-hydrogen) atoms. The monoisotopic (exact) mass is 351 g/mol. The smallest absolute Gasteiger partial charge is 0.313 e. The van der Waals surface area contributed by atoms with E-state index < -0.39 is 11.8 Å². The molecule has 0 aliphatic rings. The van der Waals surface area contributed by atoms with Gasteiger partial charge in [0.1, 0.15) is 5.75 Å². The molecule has 0 saturated heterocycles. The molecule has 0 unspecified atom stereocenters. The minimum atomic E-state index is -0.690. The number of methoxy groups -OCH3 is 1. The predicted molar refractivity (Wildman–Crippen MR) is 101 cm³/mol. The Kier molecular flexibility index (Phi) is 5.22. The highest BCUT2D eigenvalue weighted by Crippen LogP contribution is 2.22. The van der Waals surface area contributed by atoms with Crippen LogP contribution in [0.3, 0.4) is 0 Å². The van der Waals surface area contributed by atoms with Gasteiger partial charge in [-0.15, -0.1) is 0 Å². The molecule has 0 aliphatic carbocycles. The van der Waals surface area contributed by atoms with Crippen LogP contribution in [0.25, 0.3) is 10.9 Å². The molecule has 2 amide bonds. The van der Waals surface area contributed by atoms with E-state index in [-0.39, 0.29) is 0 Å². The normalized spacial score (nSPS) is 10.5. The maximum atomic E-state index is 12.0. The largest absolute Gasteiger partial charge is 0.497 e. The molecule has 134 valence electrons. The lowest BCUT2D eigenvalue weighted by atomic mass is 10.1. The lowest BCUT2D eigenvalue weighted by molar-refractivity contribution is -0.136. The van der Waals surface area contributed by atoms with Crippen LogP contribution in [0.1, 0.15) is 11.1 Å². The first-order valence-electron chi connectivity index (χ1n) is 8.37. The van der Waals surface area contributed by atoms with Crippen LogP contribution < -0.4 is 15.4 Å². The fraction of sp³-hybridized carbons (Fsp3) is 0.200. The maximum absolute atomic E-state index is 12.0. The zero-order chi connectivity index (χ0) is 18.5. The summed E-state index contributed by atoms with van der Waals surface area (Å²) in [5.41, 5.74) is 3.91. The third-order valence-electron chi connectivity index (χ3n) is 4.23. The highest BCUT2D eigenvalue weighted by atomic mass is 16.5. The number of rotatable bonds is 5. The van der Waals surface area contributed by atoms with E-state index in [4.69, 9.17) is 4.74 Å². The lowest BCUT2D eigenvalue weighted by Gasteiger charge is -2.07. The summed E-state index contributed by atoms with van der Waals surface area (Å²) >= 11 is 0. The third kappa shape index (κ3) is 3.85. The number of carbonyl (C=O) groups excluding carboxylic acids is 2. The van der Waals surface area contributed by atoms with Crippen molar-refractivity contribution >= 4 is 28.4 Å². The van der Waals surface area contributed by atoms with Gasteiger partial charge in [-0.2, -0.15) is 0 Å². The number of fused-ring (bicyclic) bond motifs is 1. The topological polar surface area (TPSA) is 83.2 Å². The molecule has 0 atom stereocenters. The Morgan fingerprint density at radius 1 is 1.08 bits per heavy atom. The van der Waals surface area contributed by atoms with Crippen LogP contribution in [-0.4, -0.2) is 30.5 Å². The van der Waals surface area contributed by atoms with E-state index in [1.165, 1.54) is 10.9 Å². The van der Waals surface area contributed by atoms with E-state index in [9.17, 15) is 9.59 Å². The molecule has 3 aromatic rings. The molecular formula is C20H21N3O3. The highest BCUT2D eigenvalue weighted by molar-refractivity contribution is 6.39. The van der Waals surface area contributed by atoms with Gasteiger partial charge in [-0.05, 0) is 54.8 Å². The molecule has 0 fully saturated rings.